The normalized spacial score (nSPS) is 29.7. The second-order valence-corrected chi connectivity index (χ2v) is 5.27. The molecule has 0 nitrogen and oxygen atoms in total. The van der Waals surface area contributed by atoms with Crippen LogP contribution < -0.4 is 0 Å². The molecule has 0 radical (unpaired) electrons. The first-order chi connectivity index (χ1) is 8.92. The molecule has 1 aliphatic carbocycles. The van der Waals surface area contributed by atoms with Crippen LogP contribution >= 0.6 is 0 Å². The molecule has 1 rings (SSSR count). The maximum atomic E-state index is 13.9. The first-order valence-corrected chi connectivity index (χ1v) is 5.50. The smallest absolute Gasteiger partial charge is 0.230 e. The Balaban J connectivity index is 0.00000441. The molecule has 0 amide bonds. The van der Waals surface area contributed by atoms with Gasteiger partial charge in [0.15, 0.2) is 0 Å². The average molecular weight is 354 g/mol. The Morgan fingerprint density at radius 2 is 0.773 bits per heavy atom. The summed E-state index contributed by atoms with van der Waals surface area (Å²) >= 11 is 0. The van der Waals surface area contributed by atoms with Crippen LogP contribution in [0, 0.1) is 5.92 Å². The summed E-state index contributed by atoms with van der Waals surface area (Å²) in [6, 6.07) is 0. The molecule has 0 bridgehead atoms. The fourth-order valence-corrected chi connectivity index (χ4v) is 2.11. The fraction of sp³-hybridized carbons (Fsp3) is 1.00. The molecule has 11 heteroatoms. The quantitative estimate of drug-likeness (QED) is 0.569. The Labute approximate surface area is 118 Å². The maximum absolute atomic E-state index is 13.9. The molecule has 1 aliphatic rings. The molecule has 0 saturated heterocycles. The van der Waals surface area contributed by atoms with E-state index in [1.54, 1.807) is 0 Å². The van der Waals surface area contributed by atoms with Gasteiger partial charge < -0.3 is 0 Å². The molecule has 0 spiro atoms. The summed E-state index contributed by atoms with van der Waals surface area (Å²) in [6.07, 6.45) is -2.16. The summed E-state index contributed by atoms with van der Waals surface area (Å²) < 4.78 is 145. The summed E-state index contributed by atoms with van der Waals surface area (Å²) in [5.41, 5.74) is -5.83. The van der Waals surface area contributed by atoms with Crippen molar-refractivity contribution in [1.29, 1.82) is 0 Å². The van der Waals surface area contributed by atoms with Crippen LogP contribution in [0.2, 0.25) is 0 Å². The van der Waals surface area contributed by atoms with E-state index in [4.69, 9.17) is 0 Å². The summed E-state index contributed by atoms with van der Waals surface area (Å²) in [4.78, 5) is 0. The number of alkyl halides is 11. The Hall–Kier alpha value is -0.770. The minimum Gasteiger partial charge on any atom is -0.230 e. The van der Waals surface area contributed by atoms with Gasteiger partial charge in [0.2, 0.25) is 5.67 Å². The highest BCUT2D eigenvalue weighted by Crippen LogP contribution is 2.70. The van der Waals surface area contributed by atoms with Crippen LogP contribution in [0.3, 0.4) is 0 Å². The van der Waals surface area contributed by atoms with Crippen molar-refractivity contribution in [1.82, 2.24) is 0 Å². The molecule has 0 heterocycles. The zero-order chi connectivity index (χ0) is 17.3. The lowest BCUT2D eigenvalue weighted by Crippen LogP contribution is -2.83. The van der Waals surface area contributed by atoms with Gasteiger partial charge in [0.1, 0.15) is 0 Å². The van der Waals surface area contributed by atoms with Gasteiger partial charge in [-0.25, -0.2) is 4.39 Å². The minimum absolute atomic E-state index is 0. The monoisotopic (exact) mass is 354 g/mol. The van der Waals surface area contributed by atoms with Crippen molar-refractivity contribution in [3.63, 3.8) is 0 Å². The van der Waals surface area contributed by atoms with Crippen LogP contribution in [-0.2, 0) is 0 Å². The number of hydrogen-bond acceptors (Lipinski definition) is 0. The van der Waals surface area contributed by atoms with Gasteiger partial charge in [-0.15, -0.1) is 0 Å². The minimum atomic E-state index is -7.13. The Bertz CT molecular complexity index is 394. The summed E-state index contributed by atoms with van der Waals surface area (Å²) in [7, 11) is 0. The van der Waals surface area contributed by atoms with Crippen molar-refractivity contribution < 1.29 is 48.3 Å². The van der Waals surface area contributed by atoms with E-state index in [1.165, 1.54) is 0 Å². The molecule has 0 atom stereocenters. The van der Waals surface area contributed by atoms with E-state index in [0.29, 0.717) is 0 Å². The van der Waals surface area contributed by atoms with Crippen LogP contribution in [0.4, 0.5) is 48.3 Å². The second kappa shape index (κ2) is 4.86. The number of hydrogen-bond donors (Lipinski definition) is 0. The third-order valence-electron chi connectivity index (χ3n) is 3.26. The predicted octanol–water partition coefficient (Wildman–Crippen LogP) is 5.57. The first kappa shape index (κ1) is 21.2. The third kappa shape index (κ3) is 1.88. The summed E-state index contributed by atoms with van der Waals surface area (Å²) in [6.45, 7) is 1.60. The largest absolute Gasteiger partial charge is 0.384 e. The zero-order valence-electron chi connectivity index (χ0n) is 10.4. The van der Waals surface area contributed by atoms with E-state index in [0.717, 1.165) is 13.8 Å². The molecule has 0 aromatic rings. The molecular formula is C11H13F11. The van der Waals surface area contributed by atoms with Crippen molar-refractivity contribution >= 4 is 0 Å². The maximum Gasteiger partial charge on any atom is 0.384 e. The van der Waals surface area contributed by atoms with Gasteiger partial charge in [0.25, 0.3) is 0 Å². The highest BCUT2D eigenvalue weighted by atomic mass is 19.4. The molecular weight excluding hydrogens is 341 g/mol. The third-order valence-corrected chi connectivity index (χ3v) is 3.26. The van der Waals surface area contributed by atoms with Crippen LogP contribution in [0.5, 0.6) is 0 Å². The average Bonchev–Trinajstić information content (AvgIpc) is 2.25. The summed E-state index contributed by atoms with van der Waals surface area (Å²) in [5.74, 6) is -36.0. The molecule has 1 fully saturated rings. The van der Waals surface area contributed by atoms with Crippen LogP contribution in [0.15, 0.2) is 0 Å². The molecule has 134 valence electrons. The molecule has 0 aromatic heterocycles. The lowest BCUT2D eigenvalue weighted by Gasteiger charge is -2.53. The van der Waals surface area contributed by atoms with Crippen molar-refractivity contribution in [3.05, 3.63) is 0 Å². The summed E-state index contributed by atoms with van der Waals surface area (Å²) in [5, 5.41) is 0. The standard InChI is InChI=1S/C10H9F11.CH4/c1-4(2)3-5(11)6(12,13)8(16,17)10(20,21)9(18,19)7(5,14)15;/h4H,3H2,1-2H3;1H4. The molecule has 0 aliphatic heterocycles. The SMILES string of the molecule is C.CC(C)CC1(F)C(F)(F)C(F)(F)C(F)(F)C(F)(F)C1(F)F. The van der Waals surface area contributed by atoms with Crippen LogP contribution in [0.25, 0.3) is 0 Å². The van der Waals surface area contributed by atoms with Gasteiger partial charge in [-0.1, -0.05) is 21.3 Å². The van der Waals surface area contributed by atoms with Gasteiger partial charge >= 0.3 is 29.6 Å². The Kier molecular flexibility index (Phi) is 4.69. The van der Waals surface area contributed by atoms with E-state index in [9.17, 15) is 48.3 Å². The van der Waals surface area contributed by atoms with Crippen molar-refractivity contribution in [3.8, 4) is 0 Å². The van der Waals surface area contributed by atoms with E-state index in [-0.39, 0.29) is 7.43 Å². The molecule has 0 N–H and O–H groups in total. The van der Waals surface area contributed by atoms with Crippen molar-refractivity contribution in [2.24, 2.45) is 5.92 Å². The first-order valence-electron chi connectivity index (χ1n) is 5.50. The molecule has 0 unspecified atom stereocenters. The second-order valence-electron chi connectivity index (χ2n) is 5.27. The van der Waals surface area contributed by atoms with Crippen molar-refractivity contribution in [2.75, 3.05) is 0 Å². The van der Waals surface area contributed by atoms with Crippen LogP contribution in [-0.4, -0.2) is 35.3 Å². The van der Waals surface area contributed by atoms with Gasteiger partial charge in [0, 0.05) is 0 Å². The number of rotatable bonds is 2. The van der Waals surface area contributed by atoms with E-state index in [1.807, 2.05) is 0 Å². The topological polar surface area (TPSA) is 0 Å². The van der Waals surface area contributed by atoms with Crippen molar-refractivity contribution in [2.45, 2.75) is 63.0 Å². The lowest BCUT2D eigenvalue weighted by atomic mass is 9.69. The highest BCUT2D eigenvalue weighted by molar-refractivity contribution is 5.26. The van der Waals surface area contributed by atoms with Gasteiger partial charge in [-0.05, 0) is 12.3 Å². The Morgan fingerprint density at radius 3 is 1.00 bits per heavy atom. The van der Waals surface area contributed by atoms with E-state index < -0.39 is 47.6 Å². The highest BCUT2D eigenvalue weighted by Gasteiger charge is 3.00. The van der Waals surface area contributed by atoms with E-state index >= 15 is 0 Å². The lowest BCUT2D eigenvalue weighted by molar-refractivity contribution is -0.486. The van der Waals surface area contributed by atoms with Gasteiger partial charge in [-0.2, -0.15) is 43.9 Å². The van der Waals surface area contributed by atoms with Crippen LogP contribution in [0.1, 0.15) is 27.7 Å². The van der Waals surface area contributed by atoms with Gasteiger partial charge in [-0.3, -0.25) is 0 Å². The fourth-order valence-electron chi connectivity index (χ4n) is 2.11. The Morgan fingerprint density at radius 1 is 0.545 bits per heavy atom. The van der Waals surface area contributed by atoms with E-state index in [2.05, 4.69) is 0 Å². The predicted molar refractivity (Wildman–Crippen MR) is 54.8 cm³/mol. The molecule has 0 aromatic carbocycles. The molecule has 22 heavy (non-hydrogen) atoms. The number of halogens is 11. The molecule has 1 saturated carbocycles. The zero-order valence-corrected chi connectivity index (χ0v) is 10.4. The van der Waals surface area contributed by atoms with Gasteiger partial charge in [0.05, 0.1) is 0 Å².